The van der Waals surface area contributed by atoms with Crippen LogP contribution in [0.4, 0.5) is 0 Å². The second kappa shape index (κ2) is 5.55. The molecule has 2 nitrogen and oxygen atoms in total. The molecule has 0 saturated carbocycles. The second-order valence-corrected chi connectivity index (χ2v) is 5.12. The molecule has 0 aromatic heterocycles. The summed E-state index contributed by atoms with van der Waals surface area (Å²) in [5.74, 6) is 1.69. The van der Waals surface area contributed by atoms with Crippen LogP contribution in [0.1, 0.15) is 16.7 Å². The first-order valence-corrected chi connectivity index (χ1v) is 6.63. The summed E-state index contributed by atoms with van der Waals surface area (Å²) in [5.41, 5.74) is 9.07. The van der Waals surface area contributed by atoms with Crippen molar-refractivity contribution in [2.45, 2.75) is 20.4 Å². The molecule has 2 aromatic carbocycles. The third kappa shape index (κ3) is 2.74. The van der Waals surface area contributed by atoms with E-state index >= 15 is 0 Å². The van der Waals surface area contributed by atoms with Gasteiger partial charge in [0.05, 0.1) is 4.47 Å². The zero-order valence-corrected chi connectivity index (χ0v) is 12.1. The van der Waals surface area contributed by atoms with Crippen LogP contribution in [0.15, 0.2) is 40.9 Å². The maximum absolute atomic E-state index is 5.93. The largest absolute Gasteiger partial charge is 0.456 e. The fourth-order valence-electron chi connectivity index (χ4n) is 1.71. The van der Waals surface area contributed by atoms with E-state index in [1.165, 1.54) is 5.56 Å². The number of hydrogen-bond acceptors (Lipinski definition) is 2. The fourth-order valence-corrected chi connectivity index (χ4v) is 2.21. The lowest BCUT2D eigenvalue weighted by molar-refractivity contribution is 0.475. The smallest absolute Gasteiger partial charge is 0.141 e. The van der Waals surface area contributed by atoms with Gasteiger partial charge in [-0.25, -0.2) is 0 Å². The SMILES string of the molecule is Cc1cccc(Oc2ccc(CN)cc2Br)c1C. The standard InChI is InChI=1S/C15H16BrNO/c1-10-4-3-5-14(11(10)2)18-15-7-6-12(9-17)8-13(15)16/h3-8H,9,17H2,1-2H3. The Hall–Kier alpha value is -1.32. The van der Waals surface area contributed by atoms with E-state index in [0.29, 0.717) is 6.54 Å². The first kappa shape index (κ1) is 13.1. The van der Waals surface area contributed by atoms with Crippen molar-refractivity contribution in [2.24, 2.45) is 5.73 Å². The summed E-state index contributed by atoms with van der Waals surface area (Å²) in [6, 6.07) is 12.0. The molecule has 0 radical (unpaired) electrons. The summed E-state index contributed by atoms with van der Waals surface area (Å²) in [6.07, 6.45) is 0. The molecular weight excluding hydrogens is 290 g/mol. The number of aryl methyl sites for hydroxylation is 1. The minimum atomic E-state index is 0.530. The zero-order valence-electron chi connectivity index (χ0n) is 10.5. The van der Waals surface area contributed by atoms with Gasteiger partial charge in [0.25, 0.3) is 0 Å². The summed E-state index contributed by atoms with van der Waals surface area (Å²) in [5, 5.41) is 0. The van der Waals surface area contributed by atoms with E-state index in [-0.39, 0.29) is 0 Å². The molecule has 3 heteroatoms. The first-order chi connectivity index (χ1) is 8.61. The lowest BCUT2D eigenvalue weighted by Crippen LogP contribution is -1.96. The summed E-state index contributed by atoms with van der Waals surface area (Å²) in [6.45, 7) is 4.67. The molecular formula is C15H16BrNO. The molecule has 18 heavy (non-hydrogen) atoms. The van der Waals surface area contributed by atoms with Crippen molar-refractivity contribution in [2.75, 3.05) is 0 Å². The number of benzene rings is 2. The van der Waals surface area contributed by atoms with E-state index in [0.717, 1.165) is 27.1 Å². The molecule has 0 heterocycles. The van der Waals surface area contributed by atoms with Crippen molar-refractivity contribution in [3.63, 3.8) is 0 Å². The van der Waals surface area contributed by atoms with Gasteiger partial charge in [0.1, 0.15) is 11.5 Å². The van der Waals surface area contributed by atoms with Crippen LogP contribution in [0.5, 0.6) is 11.5 Å². The van der Waals surface area contributed by atoms with Crippen molar-refractivity contribution in [1.82, 2.24) is 0 Å². The molecule has 0 saturated heterocycles. The maximum Gasteiger partial charge on any atom is 0.141 e. The summed E-state index contributed by atoms with van der Waals surface area (Å²) in [4.78, 5) is 0. The van der Waals surface area contributed by atoms with Crippen LogP contribution in [-0.2, 0) is 6.54 Å². The van der Waals surface area contributed by atoms with Gasteiger partial charge in [0, 0.05) is 6.54 Å². The van der Waals surface area contributed by atoms with Gasteiger partial charge in [-0.2, -0.15) is 0 Å². The van der Waals surface area contributed by atoms with E-state index in [4.69, 9.17) is 10.5 Å². The molecule has 0 unspecified atom stereocenters. The van der Waals surface area contributed by atoms with Crippen LogP contribution in [-0.4, -0.2) is 0 Å². The molecule has 2 N–H and O–H groups in total. The Morgan fingerprint density at radius 3 is 2.56 bits per heavy atom. The number of nitrogens with two attached hydrogens (primary N) is 1. The third-order valence-corrected chi connectivity index (χ3v) is 3.63. The van der Waals surface area contributed by atoms with Crippen molar-refractivity contribution >= 4 is 15.9 Å². The van der Waals surface area contributed by atoms with E-state index in [9.17, 15) is 0 Å². The van der Waals surface area contributed by atoms with E-state index in [1.54, 1.807) is 0 Å². The molecule has 0 aliphatic rings. The van der Waals surface area contributed by atoms with Crippen LogP contribution in [0.25, 0.3) is 0 Å². The van der Waals surface area contributed by atoms with Crippen LogP contribution in [0.3, 0.4) is 0 Å². The van der Waals surface area contributed by atoms with Crippen molar-refractivity contribution < 1.29 is 4.74 Å². The lowest BCUT2D eigenvalue weighted by atomic mass is 10.1. The highest BCUT2D eigenvalue weighted by Crippen LogP contribution is 2.32. The van der Waals surface area contributed by atoms with Gasteiger partial charge in [-0.05, 0) is 64.7 Å². The zero-order chi connectivity index (χ0) is 13.1. The monoisotopic (exact) mass is 305 g/mol. The van der Waals surface area contributed by atoms with Gasteiger partial charge in [0.15, 0.2) is 0 Å². The summed E-state index contributed by atoms with van der Waals surface area (Å²) >= 11 is 3.51. The Kier molecular flexibility index (Phi) is 4.04. The Bertz CT molecular complexity index is 566. The van der Waals surface area contributed by atoms with Crippen LogP contribution < -0.4 is 10.5 Å². The molecule has 0 fully saturated rings. The number of rotatable bonds is 3. The predicted molar refractivity (Wildman–Crippen MR) is 78.0 cm³/mol. The molecule has 2 rings (SSSR count). The van der Waals surface area contributed by atoms with Gasteiger partial charge in [-0.1, -0.05) is 18.2 Å². The first-order valence-electron chi connectivity index (χ1n) is 5.84. The Morgan fingerprint density at radius 2 is 1.89 bits per heavy atom. The van der Waals surface area contributed by atoms with Crippen LogP contribution in [0.2, 0.25) is 0 Å². The molecule has 0 atom stereocenters. The highest BCUT2D eigenvalue weighted by molar-refractivity contribution is 9.10. The summed E-state index contributed by atoms with van der Waals surface area (Å²) < 4.78 is 6.86. The van der Waals surface area contributed by atoms with Gasteiger partial charge >= 0.3 is 0 Å². The van der Waals surface area contributed by atoms with Crippen molar-refractivity contribution in [1.29, 1.82) is 0 Å². The molecule has 0 spiro atoms. The minimum Gasteiger partial charge on any atom is -0.456 e. The van der Waals surface area contributed by atoms with E-state index < -0.39 is 0 Å². The molecule has 94 valence electrons. The van der Waals surface area contributed by atoms with Gasteiger partial charge in [-0.15, -0.1) is 0 Å². The molecule has 0 amide bonds. The third-order valence-electron chi connectivity index (χ3n) is 3.01. The highest BCUT2D eigenvalue weighted by atomic mass is 79.9. The number of halogens is 1. The Labute approximate surface area is 116 Å². The lowest BCUT2D eigenvalue weighted by Gasteiger charge is -2.12. The average molecular weight is 306 g/mol. The molecule has 0 bridgehead atoms. The molecule has 0 aliphatic heterocycles. The Balaban J connectivity index is 2.31. The second-order valence-electron chi connectivity index (χ2n) is 4.27. The van der Waals surface area contributed by atoms with Gasteiger partial charge in [0.2, 0.25) is 0 Å². The van der Waals surface area contributed by atoms with Crippen molar-refractivity contribution in [3.8, 4) is 11.5 Å². The number of hydrogen-bond donors (Lipinski definition) is 1. The minimum absolute atomic E-state index is 0.530. The predicted octanol–water partition coefficient (Wildman–Crippen LogP) is 4.32. The molecule has 2 aromatic rings. The Morgan fingerprint density at radius 1 is 1.11 bits per heavy atom. The molecule has 0 aliphatic carbocycles. The fraction of sp³-hybridized carbons (Fsp3) is 0.200. The van der Waals surface area contributed by atoms with Gasteiger partial charge < -0.3 is 10.5 Å². The topological polar surface area (TPSA) is 35.2 Å². The van der Waals surface area contributed by atoms with Gasteiger partial charge in [-0.3, -0.25) is 0 Å². The summed E-state index contributed by atoms with van der Waals surface area (Å²) in [7, 11) is 0. The quantitative estimate of drug-likeness (QED) is 0.916. The van der Waals surface area contributed by atoms with Crippen LogP contribution in [0, 0.1) is 13.8 Å². The van der Waals surface area contributed by atoms with E-state index in [1.807, 2.05) is 30.3 Å². The van der Waals surface area contributed by atoms with Crippen molar-refractivity contribution in [3.05, 3.63) is 57.6 Å². The van der Waals surface area contributed by atoms with Crippen LogP contribution >= 0.6 is 15.9 Å². The highest BCUT2D eigenvalue weighted by Gasteiger charge is 2.06. The van der Waals surface area contributed by atoms with E-state index in [2.05, 4.69) is 35.8 Å². The maximum atomic E-state index is 5.93. The average Bonchev–Trinajstić information content (AvgIpc) is 2.37. The normalized spacial score (nSPS) is 10.4. The number of ether oxygens (including phenoxy) is 1.